The van der Waals surface area contributed by atoms with E-state index in [1.165, 1.54) is 36.5 Å². The van der Waals surface area contributed by atoms with Crippen LogP contribution in [0.3, 0.4) is 0 Å². The SMILES string of the molecule is Cc1ccc(S(=O)(=O)n2ccc3c(Nc4cccc(F)c4C(=O)O)nc(I)nc32)cc1. The van der Waals surface area contributed by atoms with E-state index < -0.39 is 27.4 Å². The number of aromatic nitrogens is 3. The van der Waals surface area contributed by atoms with Gasteiger partial charge in [0.25, 0.3) is 10.0 Å². The fraction of sp³-hybridized carbons (Fsp3) is 0.0500. The van der Waals surface area contributed by atoms with Crippen molar-refractivity contribution in [2.45, 2.75) is 11.8 Å². The number of nitrogens with one attached hydrogen (secondary N) is 1. The first-order valence-electron chi connectivity index (χ1n) is 8.84. The molecule has 2 heterocycles. The number of hydrogen-bond acceptors (Lipinski definition) is 6. The Kier molecular flexibility index (Phi) is 5.39. The van der Waals surface area contributed by atoms with Gasteiger partial charge in [0.1, 0.15) is 17.2 Å². The summed E-state index contributed by atoms with van der Waals surface area (Å²) in [5.41, 5.74) is 0.466. The Morgan fingerprint density at radius 1 is 1.13 bits per heavy atom. The standard InChI is InChI=1S/C20H14FIN4O4S/c1-11-5-7-12(8-6-11)31(29,30)26-10-9-13-17(24-20(22)25-18(13)26)23-15-4-2-3-14(21)16(15)19(27)28/h2-10H,1H3,(H,27,28)(H,23,24,25). The van der Waals surface area contributed by atoms with Gasteiger partial charge in [0.05, 0.1) is 16.0 Å². The van der Waals surface area contributed by atoms with Crippen molar-refractivity contribution >= 4 is 61.1 Å². The highest BCUT2D eigenvalue weighted by atomic mass is 127. The molecule has 0 aliphatic carbocycles. The van der Waals surface area contributed by atoms with Crippen LogP contribution in [0.4, 0.5) is 15.9 Å². The van der Waals surface area contributed by atoms with Crippen LogP contribution in [0.1, 0.15) is 15.9 Å². The molecule has 0 aliphatic heterocycles. The first-order chi connectivity index (χ1) is 14.7. The molecule has 158 valence electrons. The first-order valence-corrected chi connectivity index (χ1v) is 11.4. The van der Waals surface area contributed by atoms with E-state index in [0.717, 1.165) is 15.6 Å². The monoisotopic (exact) mass is 552 g/mol. The summed E-state index contributed by atoms with van der Waals surface area (Å²) in [4.78, 5) is 20.1. The zero-order chi connectivity index (χ0) is 22.3. The Bertz CT molecular complexity index is 1440. The molecule has 0 saturated carbocycles. The Balaban J connectivity index is 1.86. The highest BCUT2D eigenvalue weighted by molar-refractivity contribution is 14.1. The lowest BCUT2D eigenvalue weighted by molar-refractivity contribution is 0.0693. The number of fused-ring (bicyclic) bond motifs is 1. The van der Waals surface area contributed by atoms with Gasteiger partial charge in [-0.1, -0.05) is 23.8 Å². The van der Waals surface area contributed by atoms with Gasteiger partial charge >= 0.3 is 5.97 Å². The molecular weight excluding hydrogens is 538 g/mol. The van der Waals surface area contributed by atoms with Crippen molar-refractivity contribution in [2.75, 3.05) is 5.32 Å². The van der Waals surface area contributed by atoms with Gasteiger partial charge in [-0.05, 0) is 37.3 Å². The van der Waals surface area contributed by atoms with Crippen molar-refractivity contribution in [3.8, 4) is 0 Å². The highest BCUT2D eigenvalue weighted by Gasteiger charge is 2.23. The highest BCUT2D eigenvalue weighted by Crippen LogP contribution is 2.30. The van der Waals surface area contributed by atoms with Gasteiger partial charge < -0.3 is 10.4 Å². The smallest absolute Gasteiger partial charge is 0.340 e. The number of aryl methyl sites for hydroxylation is 1. The average Bonchev–Trinajstić information content (AvgIpc) is 3.13. The number of halogens is 2. The van der Waals surface area contributed by atoms with Crippen LogP contribution in [0.25, 0.3) is 11.0 Å². The fourth-order valence-electron chi connectivity index (χ4n) is 3.05. The van der Waals surface area contributed by atoms with Gasteiger partial charge in [-0.15, -0.1) is 0 Å². The summed E-state index contributed by atoms with van der Waals surface area (Å²) in [5.74, 6) is -2.20. The van der Waals surface area contributed by atoms with Crippen LogP contribution in [0, 0.1) is 16.6 Å². The van der Waals surface area contributed by atoms with Crippen molar-refractivity contribution < 1.29 is 22.7 Å². The topological polar surface area (TPSA) is 114 Å². The van der Waals surface area contributed by atoms with Crippen molar-refractivity contribution in [3.05, 3.63) is 75.5 Å². The lowest BCUT2D eigenvalue weighted by Crippen LogP contribution is -2.13. The Labute approximate surface area is 190 Å². The molecule has 0 aliphatic rings. The molecule has 0 saturated heterocycles. The van der Waals surface area contributed by atoms with Gasteiger partial charge in [0.2, 0.25) is 0 Å². The Morgan fingerprint density at radius 3 is 2.52 bits per heavy atom. The van der Waals surface area contributed by atoms with Crippen LogP contribution in [0.5, 0.6) is 0 Å². The molecule has 2 aromatic carbocycles. The van der Waals surface area contributed by atoms with Gasteiger partial charge in [-0.25, -0.2) is 31.5 Å². The van der Waals surface area contributed by atoms with E-state index in [9.17, 15) is 22.7 Å². The van der Waals surface area contributed by atoms with Crippen LogP contribution < -0.4 is 5.32 Å². The molecule has 0 radical (unpaired) electrons. The van der Waals surface area contributed by atoms with Gasteiger partial charge in [-0.3, -0.25) is 0 Å². The quantitative estimate of drug-likeness (QED) is 0.282. The lowest BCUT2D eigenvalue weighted by atomic mass is 10.1. The average molecular weight is 552 g/mol. The maximum absolute atomic E-state index is 14.0. The fourth-order valence-corrected chi connectivity index (χ4v) is 4.82. The molecular formula is C20H14FIN4O4S. The molecule has 2 N–H and O–H groups in total. The first kappa shape index (κ1) is 21.2. The summed E-state index contributed by atoms with van der Waals surface area (Å²) in [6.45, 7) is 1.85. The summed E-state index contributed by atoms with van der Waals surface area (Å²) in [7, 11) is -3.93. The third-order valence-corrected chi connectivity index (χ3v) is 6.70. The molecule has 0 unspecified atom stereocenters. The van der Waals surface area contributed by atoms with E-state index in [-0.39, 0.29) is 25.9 Å². The predicted octanol–water partition coefficient (Wildman–Crippen LogP) is 4.16. The Morgan fingerprint density at radius 2 is 1.84 bits per heavy atom. The van der Waals surface area contributed by atoms with Crippen molar-refractivity contribution in [2.24, 2.45) is 0 Å². The number of carboxylic acids is 1. The van der Waals surface area contributed by atoms with Crippen molar-refractivity contribution in [1.29, 1.82) is 0 Å². The summed E-state index contributed by atoms with van der Waals surface area (Å²) in [6, 6.07) is 11.7. The summed E-state index contributed by atoms with van der Waals surface area (Å²) in [6.07, 6.45) is 1.35. The van der Waals surface area contributed by atoms with Gasteiger partial charge in [0.15, 0.2) is 9.48 Å². The molecule has 0 atom stereocenters. The second-order valence-electron chi connectivity index (χ2n) is 6.60. The summed E-state index contributed by atoms with van der Waals surface area (Å²) in [5, 5.41) is 12.5. The van der Waals surface area contributed by atoms with Crippen molar-refractivity contribution in [3.63, 3.8) is 0 Å². The number of aromatic carboxylic acids is 1. The number of nitrogens with zero attached hydrogens (tertiary/aromatic N) is 3. The maximum Gasteiger partial charge on any atom is 0.340 e. The van der Waals surface area contributed by atoms with E-state index >= 15 is 0 Å². The Hall–Kier alpha value is -3.06. The minimum atomic E-state index is -3.93. The number of anilines is 2. The molecule has 0 spiro atoms. The van der Waals surface area contributed by atoms with Crippen LogP contribution >= 0.6 is 22.6 Å². The predicted molar refractivity (Wildman–Crippen MR) is 121 cm³/mol. The van der Waals surface area contributed by atoms with Crippen LogP contribution in [0.15, 0.2) is 59.6 Å². The molecule has 4 rings (SSSR count). The second kappa shape index (κ2) is 7.89. The molecule has 0 fully saturated rings. The molecule has 8 nitrogen and oxygen atoms in total. The molecule has 0 amide bonds. The number of benzene rings is 2. The lowest BCUT2D eigenvalue weighted by Gasteiger charge is -2.12. The third-order valence-electron chi connectivity index (χ3n) is 4.54. The van der Waals surface area contributed by atoms with E-state index in [4.69, 9.17) is 0 Å². The molecule has 11 heteroatoms. The number of carboxylic acid groups (broad SMARTS) is 1. The van der Waals surface area contributed by atoms with Crippen LogP contribution in [-0.4, -0.2) is 33.4 Å². The minimum Gasteiger partial charge on any atom is -0.478 e. The molecule has 4 aromatic rings. The van der Waals surface area contributed by atoms with Crippen LogP contribution in [0.2, 0.25) is 0 Å². The summed E-state index contributed by atoms with van der Waals surface area (Å²) < 4.78 is 41.6. The molecule has 2 aromatic heterocycles. The van der Waals surface area contributed by atoms with Gasteiger partial charge in [0, 0.05) is 28.8 Å². The zero-order valence-corrected chi connectivity index (χ0v) is 18.8. The largest absolute Gasteiger partial charge is 0.478 e. The minimum absolute atomic E-state index is 0.0163. The summed E-state index contributed by atoms with van der Waals surface area (Å²) >= 11 is 1.83. The maximum atomic E-state index is 14.0. The van der Waals surface area contributed by atoms with E-state index in [0.29, 0.717) is 5.39 Å². The number of carbonyl (C=O) groups is 1. The number of rotatable bonds is 5. The normalized spacial score (nSPS) is 11.6. The third kappa shape index (κ3) is 3.85. The number of hydrogen-bond donors (Lipinski definition) is 2. The van der Waals surface area contributed by atoms with Crippen molar-refractivity contribution in [1.82, 2.24) is 13.9 Å². The molecule has 31 heavy (non-hydrogen) atoms. The van der Waals surface area contributed by atoms with Gasteiger partial charge in [-0.2, -0.15) is 0 Å². The van der Waals surface area contributed by atoms with E-state index in [1.54, 1.807) is 12.1 Å². The zero-order valence-electron chi connectivity index (χ0n) is 15.9. The molecule has 0 bridgehead atoms. The van der Waals surface area contributed by atoms with E-state index in [2.05, 4.69) is 15.3 Å². The van der Waals surface area contributed by atoms with E-state index in [1.807, 2.05) is 29.5 Å². The van der Waals surface area contributed by atoms with Crippen LogP contribution in [-0.2, 0) is 10.0 Å². The second-order valence-corrected chi connectivity index (χ2v) is 9.38.